The van der Waals surface area contributed by atoms with E-state index in [1.165, 1.54) is 11.1 Å². The quantitative estimate of drug-likeness (QED) is 0.149. The smallest absolute Gasteiger partial charge is 0.147 e. The maximum atomic E-state index is 6.96. The van der Waals surface area contributed by atoms with Crippen LogP contribution in [0.3, 0.4) is 0 Å². The van der Waals surface area contributed by atoms with Gasteiger partial charge in [-0.2, -0.15) is 0 Å². The third kappa shape index (κ3) is 7.92. The Hall–Kier alpha value is -6.59. The van der Waals surface area contributed by atoms with Crippen LogP contribution in [0.15, 0.2) is 217 Å². The lowest BCUT2D eigenvalue weighted by Crippen LogP contribution is -2.10. The van der Waals surface area contributed by atoms with Crippen molar-refractivity contribution in [1.82, 2.24) is 0 Å². The van der Waals surface area contributed by atoms with Crippen LogP contribution in [0, 0.1) is 0 Å². The molecule has 0 heterocycles. The number of nitrogens with zero attached hydrogens (tertiary/aromatic N) is 1. The van der Waals surface area contributed by atoms with Crippen molar-refractivity contribution in [2.75, 3.05) is 10.2 Å². The molecule has 0 aliphatic rings. The van der Waals surface area contributed by atoms with Crippen molar-refractivity contribution < 1.29 is 4.74 Å². The van der Waals surface area contributed by atoms with E-state index in [2.05, 4.69) is 208 Å². The van der Waals surface area contributed by atoms with Crippen LogP contribution in [0.4, 0.5) is 28.4 Å². The van der Waals surface area contributed by atoms with Crippen LogP contribution >= 0.6 is 27.5 Å². The number of benzene rings is 9. The molecule has 0 saturated heterocycles. The highest BCUT2D eigenvalue weighted by atomic mass is 79.9. The number of nitrogens with one attached hydrogen (secondary N) is 1. The molecule has 9 aromatic carbocycles. The number of anilines is 5. The Morgan fingerprint density at radius 2 is 0.947 bits per heavy atom. The molecule has 0 bridgehead atoms. The highest BCUT2D eigenvalue weighted by Crippen LogP contribution is 2.44. The van der Waals surface area contributed by atoms with Crippen molar-refractivity contribution in [3.8, 4) is 44.9 Å². The number of hydrogen-bond acceptors (Lipinski definition) is 3. The zero-order valence-electron chi connectivity index (χ0n) is 30.8. The molecule has 9 rings (SSSR count). The van der Waals surface area contributed by atoms with E-state index in [1.54, 1.807) is 0 Å². The number of hydrogen-bond donors (Lipinski definition) is 1. The molecule has 9 aromatic rings. The van der Waals surface area contributed by atoms with Crippen molar-refractivity contribution >= 4 is 66.7 Å². The van der Waals surface area contributed by atoms with E-state index < -0.39 is 0 Å². The third-order valence-electron chi connectivity index (χ3n) is 10.0. The molecule has 0 spiro atoms. The normalized spacial score (nSPS) is 11.0. The molecule has 0 aromatic heterocycles. The van der Waals surface area contributed by atoms with Crippen LogP contribution in [0.25, 0.3) is 44.2 Å². The molecule has 0 aliphatic carbocycles. The second kappa shape index (κ2) is 16.3. The number of ether oxygens (including phenoxy) is 1. The van der Waals surface area contributed by atoms with Crippen molar-refractivity contribution in [3.63, 3.8) is 0 Å². The van der Waals surface area contributed by atoms with Crippen LogP contribution < -0.4 is 15.0 Å². The molecule has 1 N–H and O–H groups in total. The predicted molar refractivity (Wildman–Crippen MR) is 244 cm³/mol. The molecule has 0 atom stereocenters. The lowest BCUT2D eigenvalue weighted by Gasteiger charge is -2.27. The molecule has 0 amide bonds. The van der Waals surface area contributed by atoms with Gasteiger partial charge in [0, 0.05) is 38.7 Å². The molecule has 5 heteroatoms. The van der Waals surface area contributed by atoms with Crippen molar-refractivity contribution in [2.45, 2.75) is 0 Å². The molecular formula is C52H36BrClN2O. The average Bonchev–Trinajstić information content (AvgIpc) is 3.27. The maximum absolute atomic E-state index is 6.96. The first kappa shape index (κ1) is 36.1. The van der Waals surface area contributed by atoms with Crippen LogP contribution in [0.2, 0.25) is 5.02 Å². The monoisotopic (exact) mass is 818 g/mol. The topological polar surface area (TPSA) is 24.5 Å². The maximum Gasteiger partial charge on any atom is 0.147 e. The minimum absolute atomic E-state index is 0.505. The van der Waals surface area contributed by atoms with Crippen molar-refractivity contribution in [1.29, 1.82) is 0 Å². The van der Waals surface area contributed by atoms with E-state index in [0.29, 0.717) is 16.5 Å². The summed E-state index contributed by atoms with van der Waals surface area (Å²) in [5, 5.41) is 6.21. The second-order valence-electron chi connectivity index (χ2n) is 13.8. The summed E-state index contributed by atoms with van der Waals surface area (Å²) in [4.78, 5) is 2.26. The van der Waals surface area contributed by atoms with Gasteiger partial charge in [0.05, 0.1) is 10.7 Å². The average molecular weight is 820 g/mol. The van der Waals surface area contributed by atoms with Crippen molar-refractivity contribution in [3.05, 3.63) is 222 Å². The van der Waals surface area contributed by atoms with E-state index in [9.17, 15) is 0 Å². The van der Waals surface area contributed by atoms with Gasteiger partial charge in [0.25, 0.3) is 0 Å². The van der Waals surface area contributed by atoms with Gasteiger partial charge in [-0.1, -0.05) is 145 Å². The Morgan fingerprint density at radius 3 is 1.58 bits per heavy atom. The van der Waals surface area contributed by atoms with Gasteiger partial charge in [0.1, 0.15) is 11.5 Å². The third-order valence-corrected chi connectivity index (χ3v) is 11.2. The fourth-order valence-corrected chi connectivity index (χ4v) is 7.78. The van der Waals surface area contributed by atoms with Gasteiger partial charge in [-0.15, -0.1) is 0 Å². The first-order valence-electron chi connectivity index (χ1n) is 18.8. The fourth-order valence-electron chi connectivity index (χ4n) is 7.19. The molecule has 57 heavy (non-hydrogen) atoms. The minimum atomic E-state index is 0.505. The second-order valence-corrected chi connectivity index (χ2v) is 15.0. The van der Waals surface area contributed by atoms with Crippen LogP contribution in [-0.4, -0.2) is 0 Å². The van der Waals surface area contributed by atoms with E-state index >= 15 is 0 Å². The molecule has 0 radical (unpaired) electrons. The first-order valence-corrected chi connectivity index (χ1v) is 20.0. The molecule has 0 fully saturated rings. The van der Waals surface area contributed by atoms with E-state index in [-0.39, 0.29) is 0 Å². The van der Waals surface area contributed by atoms with Gasteiger partial charge in [-0.3, -0.25) is 0 Å². The molecule has 274 valence electrons. The zero-order valence-corrected chi connectivity index (χ0v) is 33.2. The van der Waals surface area contributed by atoms with Crippen LogP contribution in [0.1, 0.15) is 0 Å². The largest absolute Gasteiger partial charge is 0.456 e. The number of rotatable bonds is 10. The minimum Gasteiger partial charge on any atom is -0.456 e. The summed E-state index contributed by atoms with van der Waals surface area (Å²) >= 11 is 10.7. The highest BCUT2D eigenvalue weighted by molar-refractivity contribution is 9.10. The number of fused-ring (bicyclic) bond motifs is 1. The summed E-state index contributed by atoms with van der Waals surface area (Å²) in [6.07, 6.45) is 0. The number of para-hydroxylation sites is 2. The van der Waals surface area contributed by atoms with Gasteiger partial charge >= 0.3 is 0 Å². The zero-order chi connectivity index (χ0) is 38.6. The lowest BCUT2D eigenvalue weighted by atomic mass is 9.98. The van der Waals surface area contributed by atoms with Gasteiger partial charge in [0.2, 0.25) is 0 Å². The SMILES string of the molecule is Clc1c(Br)cc(-c2cccc(-c3ccc(Nc4ccc(-c5ccccc5)cc4)cc3)c2)cc1Oc1cc(N(c2ccccc2)c2ccccc2)c2ccccc2c1. The summed E-state index contributed by atoms with van der Waals surface area (Å²) in [6.45, 7) is 0. The summed E-state index contributed by atoms with van der Waals surface area (Å²) < 4.78 is 7.49. The van der Waals surface area contributed by atoms with E-state index in [4.69, 9.17) is 16.3 Å². The molecule has 3 nitrogen and oxygen atoms in total. The Morgan fingerprint density at radius 1 is 0.439 bits per heavy atom. The van der Waals surface area contributed by atoms with Gasteiger partial charge < -0.3 is 15.0 Å². The highest BCUT2D eigenvalue weighted by Gasteiger charge is 2.18. The Kier molecular flexibility index (Phi) is 10.3. The predicted octanol–water partition coefficient (Wildman–Crippen LogP) is 16.3. The summed E-state index contributed by atoms with van der Waals surface area (Å²) in [6, 6.07) is 73.5. The Labute approximate surface area is 346 Å². The number of halogens is 2. The van der Waals surface area contributed by atoms with E-state index in [0.717, 1.165) is 65.9 Å². The van der Waals surface area contributed by atoms with Gasteiger partial charge in [-0.05, 0) is 127 Å². The summed E-state index contributed by atoms with van der Waals surface area (Å²) in [7, 11) is 0. The van der Waals surface area contributed by atoms with Gasteiger partial charge in [-0.25, -0.2) is 0 Å². The summed E-state index contributed by atoms with van der Waals surface area (Å²) in [5.74, 6) is 1.24. The van der Waals surface area contributed by atoms with Crippen LogP contribution in [-0.2, 0) is 0 Å². The first-order chi connectivity index (χ1) is 28.1. The Bertz CT molecular complexity index is 2750. The van der Waals surface area contributed by atoms with E-state index in [1.807, 2.05) is 30.3 Å². The molecule has 0 saturated carbocycles. The molecule has 0 aliphatic heterocycles. The fraction of sp³-hybridized carbons (Fsp3) is 0. The van der Waals surface area contributed by atoms with Gasteiger partial charge in [0.15, 0.2) is 0 Å². The Balaban J connectivity index is 0.997. The standard InChI is InChI=1S/C52H36BrClN2O/c53-49-33-42(40-17-12-16-39(31-40)38-25-29-44(30-26-38)55-43-27-23-37(24-28-43)36-13-4-1-5-14-36)34-51(52(49)54)57-47-32-41-15-10-11-22-48(41)50(35-47)56(45-18-6-2-7-19-45)46-20-8-3-9-21-46/h1-35,55H. The van der Waals surface area contributed by atoms with Crippen molar-refractivity contribution in [2.24, 2.45) is 0 Å². The molecule has 0 unspecified atom stereocenters. The lowest BCUT2D eigenvalue weighted by molar-refractivity contribution is 0.483. The summed E-state index contributed by atoms with van der Waals surface area (Å²) in [5.41, 5.74) is 11.8. The van der Waals surface area contributed by atoms with Crippen LogP contribution in [0.5, 0.6) is 11.5 Å². The molecular weight excluding hydrogens is 784 g/mol.